The van der Waals surface area contributed by atoms with Crippen molar-refractivity contribution in [3.8, 4) is 0 Å². The first-order valence-corrected chi connectivity index (χ1v) is 15.1. The number of halogens is 2. The molecule has 7 nitrogen and oxygen atoms in total. The molecule has 2 amide bonds. The minimum absolute atomic E-state index is 0.0432. The van der Waals surface area contributed by atoms with Crippen molar-refractivity contribution in [2.24, 2.45) is 0 Å². The van der Waals surface area contributed by atoms with Crippen molar-refractivity contribution in [2.75, 3.05) is 24.2 Å². The van der Waals surface area contributed by atoms with Crippen LogP contribution in [0.4, 0.5) is 5.69 Å². The lowest BCUT2D eigenvalue weighted by Gasteiger charge is -2.32. The number of aryl methyl sites for hydroxylation is 1. The number of rotatable bonds is 12. The normalized spacial score (nSPS) is 12.0. The lowest BCUT2D eigenvalue weighted by Crippen LogP contribution is -2.49. The van der Waals surface area contributed by atoms with Crippen LogP contribution in [0.3, 0.4) is 0 Å². The largest absolute Gasteiger partial charge is 0.357 e. The number of amides is 2. The zero-order chi connectivity index (χ0) is 28.6. The highest BCUT2D eigenvalue weighted by molar-refractivity contribution is 7.92. The summed E-state index contributed by atoms with van der Waals surface area (Å²) in [6, 6.07) is 21.0. The number of nitrogens with one attached hydrogen (secondary N) is 1. The van der Waals surface area contributed by atoms with Crippen molar-refractivity contribution in [3.63, 3.8) is 0 Å². The molecule has 0 spiro atoms. The second-order valence-electron chi connectivity index (χ2n) is 9.32. The Bertz CT molecular complexity index is 1400. The van der Waals surface area contributed by atoms with E-state index in [1.807, 2.05) is 49.4 Å². The van der Waals surface area contributed by atoms with Crippen molar-refractivity contribution >= 4 is 50.7 Å². The highest BCUT2D eigenvalue weighted by atomic mass is 35.5. The number of hydrogen-bond donors (Lipinski definition) is 1. The Balaban J connectivity index is 1.87. The second-order valence-corrected chi connectivity index (χ2v) is 12.0. The molecule has 0 aliphatic carbocycles. The van der Waals surface area contributed by atoms with Crippen LogP contribution in [0, 0.1) is 6.92 Å². The number of para-hydroxylation sites is 1. The van der Waals surface area contributed by atoms with Crippen molar-refractivity contribution in [1.82, 2.24) is 10.2 Å². The van der Waals surface area contributed by atoms with Gasteiger partial charge in [0, 0.05) is 33.0 Å². The summed E-state index contributed by atoms with van der Waals surface area (Å²) in [5.41, 5.74) is 3.02. The van der Waals surface area contributed by atoms with Crippen LogP contribution < -0.4 is 9.62 Å². The number of benzene rings is 3. The fourth-order valence-electron chi connectivity index (χ4n) is 4.38. The lowest BCUT2D eigenvalue weighted by molar-refractivity contribution is -0.141. The fraction of sp³-hybridized carbons (Fsp3) is 0.310. The van der Waals surface area contributed by atoms with Gasteiger partial charge in [-0.15, -0.1) is 0 Å². The van der Waals surface area contributed by atoms with E-state index in [1.165, 1.54) is 16.3 Å². The molecule has 0 fully saturated rings. The predicted molar refractivity (Wildman–Crippen MR) is 158 cm³/mol. The molecule has 3 rings (SSSR count). The third kappa shape index (κ3) is 8.46. The fourth-order valence-corrected chi connectivity index (χ4v) is 5.72. The molecule has 0 unspecified atom stereocenters. The number of hydrogen-bond acceptors (Lipinski definition) is 4. The maximum Gasteiger partial charge on any atom is 0.242 e. The SMILES string of the molecule is CNC(=O)[C@@H](Cc1ccccc1)N(Cc1ccc(Cl)c(Cl)c1)C(=O)CCCN(c1ccccc1C)S(C)(=O)=O. The number of nitrogens with zero attached hydrogens (tertiary/aromatic N) is 2. The molecule has 0 saturated heterocycles. The summed E-state index contributed by atoms with van der Waals surface area (Å²) in [4.78, 5) is 28.3. The van der Waals surface area contributed by atoms with E-state index in [0.29, 0.717) is 22.2 Å². The van der Waals surface area contributed by atoms with E-state index in [9.17, 15) is 18.0 Å². The first kappa shape index (κ1) is 30.5. The summed E-state index contributed by atoms with van der Waals surface area (Å²) >= 11 is 12.3. The zero-order valence-corrected chi connectivity index (χ0v) is 24.6. The van der Waals surface area contributed by atoms with Gasteiger partial charge in [0.25, 0.3) is 0 Å². The molecule has 0 aromatic heterocycles. The summed E-state index contributed by atoms with van der Waals surface area (Å²) in [6.45, 7) is 2.10. The van der Waals surface area contributed by atoms with Gasteiger partial charge in [-0.25, -0.2) is 8.42 Å². The molecule has 208 valence electrons. The second kappa shape index (κ2) is 13.8. The van der Waals surface area contributed by atoms with Crippen LogP contribution in [0.5, 0.6) is 0 Å². The molecule has 0 heterocycles. The molecule has 0 aliphatic heterocycles. The van der Waals surface area contributed by atoms with Gasteiger partial charge in [-0.05, 0) is 48.2 Å². The van der Waals surface area contributed by atoms with Crippen LogP contribution in [-0.4, -0.2) is 51.0 Å². The minimum Gasteiger partial charge on any atom is -0.357 e. The zero-order valence-electron chi connectivity index (χ0n) is 22.2. The summed E-state index contributed by atoms with van der Waals surface area (Å²) < 4.78 is 26.5. The molecule has 1 N–H and O–H groups in total. The molecular weight excluding hydrogens is 557 g/mol. The maximum absolute atomic E-state index is 13.7. The van der Waals surface area contributed by atoms with Crippen LogP contribution in [0.15, 0.2) is 72.8 Å². The number of likely N-dealkylation sites (N-methyl/N-ethyl adjacent to an activating group) is 1. The standard InChI is InChI=1S/C29H33Cl2N3O4S/c1-21-10-7-8-13-26(21)34(39(3,37)38)17-9-14-28(35)33(20-23-15-16-24(30)25(31)18-23)27(29(36)32-2)19-22-11-5-4-6-12-22/h4-8,10-13,15-16,18,27H,9,14,17,19-20H2,1-3H3,(H,32,36)/t27-/m1/s1. The van der Waals surface area contributed by atoms with Crippen molar-refractivity contribution in [2.45, 2.75) is 38.8 Å². The summed E-state index contributed by atoms with van der Waals surface area (Å²) in [5, 5.41) is 3.42. The lowest BCUT2D eigenvalue weighted by atomic mass is 10.0. The van der Waals surface area contributed by atoms with Gasteiger partial charge in [-0.3, -0.25) is 13.9 Å². The Morgan fingerprint density at radius 2 is 1.59 bits per heavy atom. The average Bonchev–Trinajstić information content (AvgIpc) is 2.90. The molecule has 3 aromatic rings. The molecule has 0 radical (unpaired) electrons. The van der Waals surface area contributed by atoms with Gasteiger partial charge in [-0.1, -0.05) is 77.8 Å². The first-order valence-electron chi connectivity index (χ1n) is 12.5. The Hall–Kier alpha value is -3.07. The van der Waals surface area contributed by atoms with Crippen LogP contribution in [0.25, 0.3) is 0 Å². The van der Waals surface area contributed by atoms with Gasteiger partial charge in [0.15, 0.2) is 0 Å². The van der Waals surface area contributed by atoms with Crippen LogP contribution in [0.2, 0.25) is 10.0 Å². The summed E-state index contributed by atoms with van der Waals surface area (Å²) in [7, 11) is -2.04. The van der Waals surface area contributed by atoms with Gasteiger partial charge >= 0.3 is 0 Å². The van der Waals surface area contributed by atoms with Gasteiger partial charge < -0.3 is 10.2 Å². The Labute approximate surface area is 240 Å². The quantitative estimate of drug-likeness (QED) is 0.313. The number of carbonyl (C=O) groups excluding carboxylic acids is 2. The number of anilines is 1. The van der Waals surface area contributed by atoms with E-state index >= 15 is 0 Å². The monoisotopic (exact) mass is 589 g/mol. The van der Waals surface area contributed by atoms with E-state index < -0.39 is 16.1 Å². The molecule has 3 aromatic carbocycles. The van der Waals surface area contributed by atoms with Crippen molar-refractivity contribution < 1.29 is 18.0 Å². The minimum atomic E-state index is -3.57. The molecule has 10 heteroatoms. The van der Waals surface area contributed by atoms with Crippen molar-refractivity contribution in [3.05, 3.63) is 99.5 Å². The van der Waals surface area contributed by atoms with E-state index in [0.717, 1.165) is 22.9 Å². The number of carbonyl (C=O) groups is 2. The third-order valence-corrected chi connectivity index (χ3v) is 8.31. The molecular formula is C29H33Cl2N3O4S. The molecule has 0 bridgehead atoms. The number of sulfonamides is 1. The van der Waals surface area contributed by atoms with E-state index in [4.69, 9.17) is 23.2 Å². The van der Waals surface area contributed by atoms with E-state index in [-0.39, 0.29) is 37.7 Å². The smallest absolute Gasteiger partial charge is 0.242 e. The van der Waals surface area contributed by atoms with Crippen LogP contribution >= 0.6 is 23.2 Å². The van der Waals surface area contributed by atoms with Crippen LogP contribution in [-0.2, 0) is 32.6 Å². The predicted octanol–water partition coefficient (Wildman–Crippen LogP) is 5.23. The first-order chi connectivity index (χ1) is 18.5. The molecule has 39 heavy (non-hydrogen) atoms. The van der Waals surface area contributed by atoms with Gasteiger partial charge in [0.2, 0.25) is 21.8 Å². The Kier molecular flexibility index (Phi) is 10.8. The molecule has 0 saturated carbocycles. The molecule has 1 atom stereocenters. The maximum atomic E-state index is 13.7. The topological polar surface area (TPSA) is 86.8 Å². The average molecular weight is 591 g/mol. The van der Waals surface area contributed by atoms with E-state index in [1.54, 1.807) is 30.3 Å². The highest BCUT2D eigenvalue weighted by Crippen LogP contribution is 2.26. The highest BCUT2D eigenvalue weighted by Gasteiger charge is 2.30. The summed E-state index contributed by atoms with van der Waals surface area (Å²) in [6.07, 6.45) is 1.77. The Morgan fingerprint density at radius 3 is 2.21 bits per heavy atom. The van der Waals surface area contributed by atoms with Crippen LogP contribution in [0.1, 0.15) is 29.5 Å². The van der Waals surface area contributed by atoms with Gasteiger partial charge in [0.05, 0.1) is 22.0 Å². The van der Waals surface area contributed by atoms with Gasteiger partial charge in [0.1, 0.15) is 6.04 Å². The third-order valence-electron chi connectivity index (χ3n) is 6.39. The summed E-state index contributed by atoms with van der Waals surface area (Å²) in [5.74, 6) is -0.575. The van der Waals surface area contributed by atoms with Gasteiger partial charge in [-0.2, -0.15) is 0 Å². The van der Waals surface area contributed by atoms with E-state index in [2.05, 4.69) is 5.32 Å². The molecule has 0 aliphatic rings. The van der Waals surface area contributed by atoms with Crippen molar-refractivity contribution in [1.29, 1.82) is 0 Å². The Morgan fingerprint density at radius 1 is 0.923 bits per heavy atom.